The Kier molecular flexibility index (Phi) is 7.33. The summed E-state index contributed by atoms with van der Waals surface area (Å²) in [5.41, 5.74) is 0.948. The molecule has 0 atom stereocenters. The number of rotatable bonds is 9. The first-order valence-corrected chi connectivity index (χ1v) is 12.9. The minimum Gasteiger partial charge on any atom is -0.495 e. The number of nitro groups is 1. The highest BCUT2D eigenvalue weighted by molar-refractivity contribution is 7.99. The Morgan fingerprint density at radius 1 is 1.17 bits per heavy atom. The normalized spacial score (nSPS) is 11.3. The fourth-order valence-electron chi connectivity index (χ4n) is 3.08. The second kappa shape index (κ2) is 10.4. The van der Waals surface area contributed by atoms with Crippen LogP contribution in [0, 0.1) is 10.1 Å². The number of oxazole rings is 1. The number of benzene rings is 3. The number of para-hydroxylation sites is 2. The third kappa shape index (κ3) is 5.70. The average Bonchev–Trinajstić information content (AvgIpc) is 3.26. The van der Waals surface area contributed by atoms with E-state index in [2.05, 4.69) is 15.0 Å². The zero-order valence-electron chi connectivity index (χ0n) is 18.4. The number of nitrogens with one attached hydrogen (secondary N) is 2. The van der Waals surface area contributed by atoms with Crippen LogP contribution in [0.25, 0.3) is 11.1 Å². The molecule has 4 rings (SSSR count). The summed E-state index contributed by atoms with van der Waals surface area (Å²) in [7, 11) is -2.50. The Morgan fingerprint density at radius 2 is 1.94 bits per heavy atom. The van der Waals surface area contributed by atoms with E-state index in [0.29, 0.717) is 16.8 Å². The van der Waals surface area contributed by atoms with Crippen LogP contribution in [0.15, 0.2) is 75.2 Å². The number of halogens is 1. The van der Waals surface area contributed by atoms with Gasteiger partial charge in [0.2, 0.25) is 5.91 Å². The summed E-state index contributed by atoms with van der Waals surface area (Å²) in [6, 6.07) is 14.5. The topological polar surface area (TPSA) is 154 Å². The van der Waals surface area contributed by atoms with Crippen LogP contribution >= 0.6 is 23.4 Å². The van der Waals surface area contributed by atoms with Crippen molar-refractivity contribution < 1.29 is 27.3 Å². The summed E-state index contributed by atoms with van der Waals surface area (Å²) >= 11 is 6.98. The van der Waals surface area contributed by atoms with Crippen LogP contribution in [0.2, 0.25) is 5.02 Å². The Balaban J connectivity index is 1.44. The number of aromatic nitrogens is 1. The molecule has 0 fully saturated rings. The second-order valence-electron chi connectivity index (χ2n) is 7.17. The van der Waals surface area contributed by atoms with Crippen molar-refractivity contribution in [3.05, 3.63) is 75.8 Å². The van der Waals surface area contributed by atoms with Crippen molar-refractivity contribution in [1.82, 2.24) is 4.98 Å². The van der Waals surface area contributed by atoms with Crippen LogP contribution in [0.1, 0.15) is 0 Å². The van der Waals surface area contributed by atoms with Gasteiger partial charge in [0, 0.05) is 12.1 Å². The first-order valence-electron chi connectivity index (χ1n) is 10.1. The standard InChI is InChI=1S/C22H17ClN4O7S2/c1-33-19-5-3-2-4-17(19)26-36(31,32)14-7-9-20-18(11-14)25-22(34-20)35-12-21(28)24-16-8-6-13(27(29)30)10-15(16)23/h2-11,26H,12H2,1H3,(H,24,28). The van der Waals surface area contributed by atoms with Crippen LogP contribution < -0.4 is 14.8 Å². The quantitative estimate of drug-likeness (QED) is 0.168. The molecule has 0 bridgehead atoms. The highest BCUT2D eigenvalue weighted by Gasteiger charge is 2.19. The molecule has 0 saturated carbocycles. The minimum atomic E-state index is -3.94. The number of non-ortho nitro benzene ring substituents is 1. The van der Waals surface area contributed by atoms with Gasteiger partial charge in [0.05, 0.1) is 39.1 Å². The lowest BCUT2D eigenvalue weighted by molar-refractivity contribution is -0.384. The summed E-state index contributed by atoms with van der Waals surface area (Å²) in [5.74, 6) is -0.168. The van der Waals surface area contributed by atoms with Gasteiger partial charge >= 0.3 is 0 Å². The number of nitrogens with zero attached hydrogens (tertiary/aromatic N) is 2. The predicted octanol–water partition coefficient (Wildman–Crippen LogP) is 4.93. The van der Waals surface area contributed by atoms with Crippen LogP contribution in [0.5, 0.6) is 5.75 Å². The van der Waals surface area contributed by atoms with E-state index in [0.717, 1.165) is 17.8 Å². The maximum Gasteiger partial charge on any atom is 0.271 e. The first-order chi connectivity index (χ1) is 17.2. The highest BCUT2D eigenvalue weighted by atomic mass is 35.5. The number of amides is 1. The maximum absolute atomic E-state index is 12.9. The molecule has 0 aliphatic heterocycles. The molecule has 1 heterocycles. The summed E-state index contributed by atoms with van der Waals surface area (Å²) in [5, 5.41) is 13.5. The molecule has 1 amide bonds. The number of fused-ring (bicyclic) bond motifs is 1. The molecule has 0 aliphatic carbocycles. The summed E-state index contributed by atoms with van der Waals surface area (Å²) in [6.07, 6.45) is 0. The lowest BCUT2D eigenvalue weighted by atomic mass is 10.3. The third-order valence-corrected chi connectivity index (χ3v) is 7.27. The van der Waals surface area contributed by atoms with E-state index < -0.39 is 20.9 Å². The number of sulfonamides is 1. The predicted molar refractivity (Wildman–Crippen MR) is 135 cm³/mol. The van der Waals surface area contributed by atoms with Gasteiger partial charge in [0.15, 0.2) is 5.58 Å². The molecule has 0 aliphatic rings. The van der Waals surface area contributed by atoms with Crippen LogP contribution in [-0.4, -0.2) is 37.1 Å². The molecule has 0 spiro atoms. The molecule has 11 nitrogen and oxygen atoms in total. The SMILES string of the molecule is COc1ccccc1NS(=O)(=O)c1ccc2oc(SCC(=O)Nc3ccc([N+](=O)[O-])cc3Cl)nc2c1. The number of thioether (sulfide) groups is 1. The van der Waals surface area contributed by atoms with E-state index in [1.54, 1.807) is 24.3 Å². The van der Waals surface area contributed by atoms with Gasteiger partial charge in [-0.1, -0.05) is 35.5 Å². The summed E-state index contributed by atoms with van der Waals surface area (Å²) < 4.78 is 39.0. The Labute approximate surface area is 214 Å². The van der Waals surface area contributed by atoms with Gasteiger partial charge in [-0.05, 0) is 36.4 Å². The third-order valence-electron chi connectivity index (χ3n) is 4.77. The van der Waals surface area contributed by atoms with E-state index in [1.807, 2.05) is 0 Å². The van der Waals surface area contributed by atoms with E-state index in [4.69, 9.17) is 20.8 Å². The fraction of sp³-hybridized carbons (Fsp3) is 0.0909. The second-order valence-corrected chi connectivity index (χ2v) is 10.2. The number of methoxy groups -OCH3 is 1. The maximum atomic E-state index is 12.9. The van der Waals surface area contributed by atoms with E-state index in [-0.39, 0.29) is 38.0 Å². The van der Waals surface area contributed by atoms with Crippen LogP contribution in [0.3, 0.4) is 0 Å². The van der Waals surface area contributed by atoms with Gasteiger partial charge in [0.1, 0.15) is 11.3 Å². The highest BCUT2D eigenvalue weighted by Crippen LogP contribution is 2.30. The molecule has 3 aromatic carbocycles. The van der Waals surface area contributed by atoms with Gasteiger partial charge in [-0.25, -0.2) is 13.4 Å². The van der Waals surface area contributed by atoms with E-state index in [9.17, 15) is 23.3 Å². The Bertz CT molecular complexity index is 1570. The molecule has 1 aromatic heterocycles. The van der Waals surface area contributed by atoms with Gasteiger partial charge in [-0.2, -0.15) is 0 Å². The number of anilines is 2. The van der Waals surface area contributed by atoms with Crippen molar-refractivity contribution in [1.29, 1.82) is 0 Å². The van der Waals surface area contributed by atoms with E-state index in [1.165, 1.54) is 37.4 Å². The molecule has 186 valence electrons. The Hall–Kier alpha value is -3.81. The van der Waals surface area contributed by atoms with Crippen molar-refractivity contribution in [2.24, 2.45) is 0 Å². The van der Waals surface area contributed by atoms with Crippen LogP contribution in [-0.2, 0) is 14.8 Å². The number of hydrogen-bond donors (Lipinski definition) is 2. The number of nitro benzene ring substituents is 1. The number of carbonyl (C=O) groups excluding carboxylic acids is 1. The van der Waals surface area contributed by atoms with Crippen LogP contribution in [0.4, 0.5) is 17.1 Å². The van der Waals surface area contributed by atoms with Gasteiger partial charge < -0.3 is 14.5 Å². The van der Waals surface area contributed by atoms with Crippen molar-refractivity contribution in [2.75, 3.05) is 22.9 Å². The molecule has 14 heteroatoms. The van der Waals surface area contributed by atoms with Crippen molar-refractivity contribution in [3.8, 4) is 5.75 Å². The minimum absolute atomic E-state index is 0.0277. The van der Waals surface area contributed by atoms with Gasteiger partial charge in [-0.15, -0.1) is 0 Å². The number of ether oxygens (including phenoxy) is 1. The van der Waals surface area contributed by atoms with Gasteiger partial charge in [-0.3, -0.25) is 19.6 Å². The summed E-state index contributed by atoms with van der Waals surface area (Å²) in [4.78, 5) is 26.7. The molecular formula is C22H17ClN4O7S2. The molecular weight excluding hydrogens is 532 g/mol. The van der Waals surface area contributed by atoms with Gasteiger partial charge in [0.25, 0.3) is 20.9 Å². The Morgan fingerprint density at radius 3 is 2.67 bits per heavy atom. The zero-order chi connectivity index (χ0) is 25.9. The fourth-order valence-corrected chi connectivity index (χ4v) is 5.03. The molecule has 2 N–H and O–H groups in total. The molecule has 0 unspecified atom stereocenters. The lowest BCUT2D eigenvalue weighted by Gasteiger charge is -2.11. The van der Waals surface area contributed by atoms with Crippen molar-refractivity contribution in [2.45, 2.75) is 10.1 Å². The van der Waals surface area contributed by atoms with Crippen molar-refractivity contribution >= 4 is 67.5 Å². The largest absolute Gasteiger partial charge is 0.495 e. The smallest absolute Gasteiger partial charge is 0.271 e. The number of hydrogen-bond acceptors (Lipinski definition) is 9. The van der Waals surface area contributed by atoms with E-state index >= 15 is 0 Å². The first kappa shape index (κ1) is 25.3. The number of carbonyl (C=O) groups is 1. The van der Waals surface area contributed by atoms with Crippen molar-refractivity contribution in [3.63, 3.8) is 0 Å². The lowest BCUT2D eigenvalue weighted by Crippen LogP contribution is -2.14. The molecule has 0 saturated heterocycles. The molecule has 0 radical (unpaired) electrons. The zero-order valence-corrected chi connectivity index (χ0v) is 20.8. The average molecular weight is 549 g/mol. The summed E-state index contributed by atoms with van der Waals surface area (Å²) in [6.45, 7) is 0. The molecule has 36 heavy (non-hydrogen) atoms. The monoisotopic (exact) mass is 548 g/mol. The molecule has 4 aromatic rings.